The minimum absolute atomic E-state index is 0.0550. The van der Waals surface area contributed by atoms with Gasteiger partial charge in [-0.05, 0) is 6.92 Å². The van der Waals surface area contributed by atoms with Gasteiger partial charge in [-0.25, -0.2) is 4.79 Å². The maximum Gasteiger partial charge on any atom is 0.471 e. The monoisotopic (exact) mass is 710 g/mol. The van der Waals surface area contributed by atoms with Crippen molar-refractivity contribution in [3.05, 3.63) is 57.6 Å². The maximum atomic E-state index is 13.6. The molecule has 1 aliphatic heterocycles. The summed E-state index contributed by atoms with van der Waals surface area (Å²) in [6, 6.07) is 4.16. The Kier molecular flexibility index (Phi) is 10.1. The quantitative estimate of drug-likeness (QED) is 0.144. The van der Waals surface area contributed by atoms with Crippen LogP contribution in [0.15, 0.2) is 24.3 Å². The first kappa shape index (κ1) is 36.5. The number of methoxy groups -OCH3 is 1. The lowest BCUT2D eigenvalue weighted by Crippen LogP contribution is -2.57. The van der Waals surface area contributed by atoms with Crippen LogP contribution in [0.4, 0.5) is 18.0 Å². The number of rotatable bonds is 8. The standard InChI is InChI=1S/C32H33F3N2O13/c1-13-24(39)17(37-29(44)32(33,34)35)9-20(49-13)50-18-11-31(46,12-48-30(45)36-8-7-19(38)47-2)10-16-21(18)28(43)23-22(27(16)42)25(40)14-5-3-4-6-15(14)26(23)41/h3-6,13,17-18,20,24,39,42-43,46H,7-12H2,1-2H3,(H,36,45)(H,37,44)/t13-,17-,18-,20-,24+,31-/m0/s1. The number of aliphatic hydroxyl groups excluding tert-OH is 1. The number of carbonyl (C=O) groups excluding carboxylic acids is 5. The van der Waals surface area contributed by atoms with E-state index >= 15 is 0 Å². The van der Waals surface area contributed by atoms with Crippen molar-refractivity contribution in [1.82, 2.24) is 10.6 Å². The van der Waals surface area contributed by atoms with Gasteiger partial charge in [-0.2, -0.15) is 13.2 Å². The molecule has 0 unspecified atom stereocenters. The Morgan fingerprint density at radius 3 is 2.28 bits per heavy atom. The average Bonchev–Trinajstić information content (AvgIpc) is 3.05. The van der Waals surface area contributed by atoms with Gasteiger partial charge >= 0.3 is 24.1 Å². The summed E-state index contributed by atoms with van der Waals surface area (Å²) < 4.78 is 60.4. The molecule has 1 heterocycles. The number of fused-ring (bicyclic) bond motifs is 3. The van der Waals surface area contributed by atoms with Gasteiger partial charge < -0.3 is 50.0 Å². The molecule has 5 rings (SSSR count). The molecule has 15 nitrogen and oxygen atoms in total. The van der Waals surface area contributed by atoms with Gasteiger partial charge in [0.2, 0.25) is 0 Å². The Hall–Kier alpha value is -4.78. The highest BCUT2D eigenvalue weighted by Crippen LogP contribution is 2.52. The van der Waals surface area contributed by atoms with Crippen molar-refractivity contribution >= 4 is 29.5 Å². The van der Waals surface area contributed by atoms with Gasteiger partial charge in [0.15, 0.2) is 17.9 Å². The van der Waals surface area contributed by atoms with E-state index in [1.54, 1.807) is 5.32 Å². The summed E-state index contributed by atoms with van der Waals surface area (Å²) in [5, 5.41) is 49.2. The second kappa shape index (κ2) is 13.9. The fourth-order valence-corrected chi connectivity index (χ4v) is 6.32. The average molecular weight is 711 g/mol. The number of hydrogen-bond donors (Lipinski definition) is 6. The molecule has 2 aromatic carbocycles. The summed E-state index contributed by atoms with van der Waals surface area (Å²) >= 11 is 0. The van der Waals surface area contributed by atoms with E-state index in [0.29, 0.717) is 0 Å². The number of aliphatic hydroxyl groups is 2. The number of carbonyl (C=O) groups is 5. The number of halogens is 3. The highest BCUT2D eigenvalue weighted by atomic mass is 19.4. The molecule has 2 aromatic rings. The van der Waals surface area contributed by atoms with Gasteiger partial charge in [-0.3, -0.25) is 19.2 Å². The second-order valence-electron chi connectivity index (χ2n) is 12.2. The third kappa shape index (κ3) is 7.09. The molecule has 0 spiro atoms. The zero-order chi connectivity index (χ0) is 36.7. The van der Waals surface area contributed by atoms with Crippen LogP contribution in [0.1, 0.15) is 75.3 Å². The smallest absolute Gasteiger partial charge is 0.471 e. The summed E-state index contributed by atoms with van der Waals surface area (Å²) in [5.74, 6) is -6.11. The van der Waals surface area contributed by atoms with Crippen molar-refractivity contribution in [2.24, 2.45) is 0 Å². The number of nitrogens with one attached hydrogen (secondary N) is 2. The van der Waals surface area contributed by atoms with Gasteiger partial charge in [0, 0.05) is 48.1 Å². The van der Waals surface area contributed by atoms with Crippen molar-refractivity contribution in [3.63, 3.8) is 0 Å². The predicted octanol–water partition coefficient (Wildman–Crippen LogP) is 1.44. The van der Waals surface area contributed by atoms with Crippen LogP contribution in [-0.2, 0) is 35.0 Å². The van der Waals surface area contributed by atoms with Gasteiger partial charge in [0.25, 0.3) is 0 Å². The number of amides is 2. The second-order valence-corrected chi connectivity index (χ2v) is 12.2. The molecule has 0 aromatic heterocycles. The molecule has 1 saturated heterocycles. The topological polar surface area (TPSA) is 227 Å². The molecule has 270 valence electrons. The van der Waals surface area contributed by atoms with E-state index in [1.165, 1.54) is 31.2 Å². The number of esters is 1. The third-order valence-electron chi connectivity index (χ3n) is 8.75. The van der Waals surface area contributed by atoms with Crippen LogP contribution >= 0.6 is 0 Å². The number of alkyl carbamates (subject to hydrolysis) is 1. The Bertz CT molecular complexity index is 1730. The Labute approximate surface area is 281 Å². The summed E-state index contributed by atoms with van der Waals surface area (Å²) in [7, 11) is 1.15. The van der Waals surface area contributed by atoms with Crippen LogP contribution in [0.25, 0.3) is 0 Å². The number of ether oxygens (including phenoxy) is 4. The van der Waals surface area contributed by atoms with Crippen molar-refractivity contribution in [3.8, 4) is 11.5 Å². The summed E-state index contributed by atoms with van der Waals surface area (Å²) in [4.78, 5) is 62.5. The molecule has 3 aliphatic rings. The molecule has 2 aliphatic carbocycles. The molecule has 0 radical (unpaired) electrons. The van der Waals surface area contributed by atoms with Crippen molar-refractivity contribution in [2.45, 2.75) is 75.0 Å². The van der Waals surface area contributed by atoms with Gasteiger partial charge in [0.05, 0.1) is 42.9 Å². The van der Waals surface area contributed by atoms with Gasteiger partial charge in [-0.15, -0.1) is 0 Å². The number of ketones is 2. The van der Waals surface area contributed by atoms with Crippen LogP contribution in [-0.4, -0.2) is 107 Å². The molecule has 6 N–H and O–H groups in total. The van der Waals surface area contributed by atoms with Crippen LogP contribution in [0.3, 0.4) is 0 Å². The molecule has 0 saturated carbocycles. The molecule has 6 atom stereocenters. The summed E-state index contributed by atoms with van der Waals surface area (Å²) in [6.07, 6.45) is -14.0. The van der Waals surface area contributed by atoms with E-state index in [4.69, 9.17) is 14.2 Å². The summed E-state index contributed by atoms with van der Waals surface area (Å²) in [6.45, 7) is 0.354. The molecule has 1 fully saturated rings. The van der Waals surface area contributed by atoms with Crippen LogP contribution in [0.5, 0.6) is 11.5 Å². The highest BCUT2D eigenvalue weighted by Gasteiger charge is 2.49. The largest absolute Gasteiger partial charge is 0.507 e. The molecular weight excluding hydrogens is 677 g/mol. The fraction of sp³-hybridized carbons (Fsp3) is 0.469. The van der Waals surface area contributed by atoms with Crippen molar-refractivity contribution < 1.29 is 76.5 Å². The van der Waals surface area contributed by atoms with Crippen LogP contribution in [0.2, 0.25) is 0 Å². The Morgan fingerprint density at radius 2 is 1.68 bits per heavy atom. The minimum atomic E-state index is -5.27. The maximum absolute atomic E-state index is 13.6. The highest BCUT2D eigenvalue weighted by molar-refractivity contribution is 6.30. The van der Waals surface area contributed by atoms with E-state index in [2.05, 4.69) is 10.1 Å². The SMILES string of the molecule is COC(=O)CCNC(=O)OC[C@]1(O)Cc2c(O)c3c(c(O)c2[C@@H](O[C@H]2C[C@H](NC(=O)C(F)(F)F)[C@H](O)[C@H](C)O2)C1)C(=O)c1ccccc1C3=O. The first-order valence-electron chi connectivity index (χ1n) is 15.3. The number of hydrogen-bond acceptors (Lipinski definition) is 13. The van der Waals surface area contributed by atoms with E-state index in [1.807, 2.05) is 0 Å². The zero-order valence-corrected chi connectivity index (χ0v) is 26.5. The van der Waals surface area contributed by atoms with Crippen LogP contribution < -0.4 is 10.6 Å². The van der Waals surface area contributed by atoms with Gasteiger partial charge in [0.1, 0.15) is 29.8 Å². The molecule has 0 bridgehead atoms. The number of phenolic OH excluding ortho intramolecular Hbond substituents is 2. The lowest BCUT2D eigenvalue weighted by molar-refractivity contribution is -0.252. The molecule has 2 amide bonds. The number of benzene rings is 2. The lowest BCUT2D eigenvalue weighted by Gasteiger charge is -2.43. The number of alkyl halides is 3. The predicted molar refractivity (Wildman–Crippen MR) is 159 cm³/mol. The Morgan fingerprint density at radius 1 is 1.06 bits per heavy atom. The van der Waals surface area contributed by atoms with E-state index in [0.717, 1.165) is 7.11 Å². The number of aromatic hydroxyl groups is 2. The van der Waals surface area contributed by atoms with Crippen molar-refractivity contribution in [2.75, 3.05) is 20.3 Å². The minimum Gasteiger partial charge on any atom is -0.507 e. The summed E-state index contributed by atoms with van der Waals surface area (Å²) in [5.41, 5.74) is -3.82. The lowest BCUT2D eigenvalue weighted by atomic mass is 9.73. The third-order valence-corrected chi connectivity index (χ3v) is 8.75. The molecule has 18 heteroatoms. The van der Waals surface area contributed by atoms with E-state index in [9.17, 15) is 57.6 Å². The fourth-order valence-electron chi connectivity index (χ4n) is 6.32. The van der Waals surface area contributed by atoms with E-state index < -0.39 is 120 Å². The number of phenols is 2. The van der Waals surface area contributed by atoms with E-state index in [-0.39, 0.29) is 35.2 Å². The van der Waals surface area contributed by atoms with Crippen molar-refractivity contribution in [1.29, 1.82) is 0 Å². The molecular formula is C32H33F3N2O13. The Balaban J connectivity index is 1.50. The zero-order valence-electron chi connectivity index (χ0n) is 26.5. The first-order chi connectivity index (χ1) is 23.5. The normalized spacial score (nSPS) is 25.9. The first-order valence-corrected chi connectivity index (χ1v) is 15.3. The van der Waals surface area contributed by atoms with Gasteiger partial charge in [-0.1, -0.05) is 24.3 Å². The van der Waals surface area contributed by atoms with Crippen LogP contribution in [0, 0.1) is 0 Å². The molecule has 50 heavy (non-hydrogen) atoms.